The standard InChI is InChI=1S/2CH3NS2.2CH2S2.Ca/c2*2-1(3)4;2*2-1-3;/h2*(H3,2,3,4);2*1H,(H,2,3);/q;;;;+2/p-2. The first kappa shape index (κ1) is 30.4. The van der Waals surface area contributed by atoms with Gasteiger partial charge in [-0.3, -0.25) is 0 Å². The Morgan fingerprint density at radius 3 is 0.933 bits per heavy atom. The van der Waals surface area contributed by atoms with Crippen LogP contribution in [0, 0.1) is 0 Å². The van der Waals surface area contributed by atoms with E-state index >= 15 is 0 Å². The summed E-state index contributed by atoms with van der Waals surface area (Å²) in [6.45, 7) is 0. The summed E-state index contributed by atoms with van der Waals surface area (Å²) in [4.78, 5) is 0. The quantitative estimate of drug-likeness (QED) is 0.214. The van der Waals surface area contributed by atoms with Crippen molar-refractivity contribution in [3.8, 4) is 0 Å². The van der Waals surface area contributed by atoms with Crippen LogP contribution in [0.2, 0.25) is 0 Å². The van der Waals surface area contributed by atoms with Gasteiger partial charge in [-0.05, 0) is 0 Å². The number of hydrogen-bond donors (Lipinski definition) is 4. The van der Waals surface area contributed by atoms with E-state index in [9.17, 15) is 0 Å². The second-order valence-corrected chi connectivity index (χ2v) is 4.86. The molecule has 15 heavy (non-hydrogen) atoms. The molecule has 0 unspecified atom stereocenters. The number of nitrogens with two attached hydrogens (primary N) is 2. The van der Waals surface area contributed by atoms with Crippen LogP contribution in [0.5, 0.6) is 0 Å². The van der Waals surface area contributed by atoms with Gasteiger partial charge in [-0.15, -0.1) is 25.3 Å². The molecule has 4 N–H and O–H groups in total. The summed E-state index contributed by atoms with van der Waals surface area (Å²) in [5.41, 5.74) is 9.41. The Morgan fingerprint density at radius 1 is 0.933 bits per heavy atom. The fourth-order valence-electron chi connectivity index (χ4n) is 0. The Kier molecular flexibility index (Phi) is 72.9. The summed E-state index contributed by atoms with van der Waals surface area (Å²) < 4.78 is 2.72. The minimum atomic E-state index is 0. The van der Waals surface area contributed by atoms with Crippen LogP contribution >= 0.6 is 74.1 Å². The van der Waals surface area contributed by atoms with Crippen molar-refractivity contribution in [2.45, 2.75) is 0 Å². The Bertz CT molecular complexity index is 137. The summed E-state index contributed by atoms with van der Waals surface area (Å²) in [6, 6.07) is 0. The minimum Gasteiger partial charge on any atom is -0.436 e. The molecule has 0 saturated heterocycles. The second-order valence-electron chi connectivity index (χ2n) is 0.869. The van der Waals surface area contributed by atoms with E-state index in [1.807, 2.05) is 0 Å². The molecule has 0 aromatic carbocycles. The molecule has 0 spiro atoms. The first-order valence-electron chi connectivity index (χ1n) is 2.38. The monoisotopic (exact) mass is 380 g/mol. The molecule has 0 heterocycles. The Balaban J connectivity index is -0.0000000293. The summed E-state index contributed by atoms with van der Waals surface area (Å²) >= 11 is 31.6. The summed E-state index contributed by atoms with van der Waals surface area (Å²) in [6.07, 6.45) is 0. The van der Waals surface area contributed by atoms with E-state index in [4.69, 9.17) is 11.5 Å². The number of thiocarbonyl (C=S) groups is 4. The number of hydrogen-bond acceptors (Lipinski definition) is 6. The van der Waals surface area contributed by atoms with Gasteiger partial charge in [-0.25, -0.2) is 0 Å². The zero-order valence-electron chi connectivity index (χ0n) is 7.36. The van der Waals surface area contributed by atoms with Crippen LogP contribution in [0.4, 0.5) is 0 Å². The van der Waals surface area contributed by atoms with E-state index in [0.717, 1.165) is 0 Å². The van der Waals surface area contributed by atoms with Crippen molar-refractivity contribution in [3.05, 3.63) is 0 Å². The van der Waals surface area contributed by atoms with E-state index in [1.54, 1.807) is 0 Å². The second kappa shape index (κ2) is 36.0. The molecule has 0 aromatic heterocycles. The first-order chi connectivity index (χ1) is 6.29. The van der Waals surface area contributed by atoms with Crippen LogP contribution in [0.15, 0.2) is 0 Å². The van der Waals surface area contributed by atoms with Gasteiger partial charge in [0.05, 0.1) is 0 Å². The van der Waals surface area contributed by atoms with Gasteiger partial charge in [-0.2, -0.15) is 9.40 Å². The van der Waals surface area contributed by atoms with Gasteiger partial charge in [0.25, 0.3) is 0 Å². The molecule has 0 amide bonds. The Morgan fingerprint density at radius 2 is 0.933 bits per heavy atom. The summed E-state index contributed by atoms with van der Waals surface area (Å²) in [5, 5.41) is 0. The van der Waals surface area contributed by atoms with Gasteiger partial charge < -0.3 is 61.2 Å². The molecule has 0 bridgehead atoms. The van der Waals surface area contributed by atoms with Crippen LogP contribution in [-0.4, -0.2) is 55.8 Å². The molecule has 0 aliphatic carbocycles. The largest absolute Gasteiger partial charge is 2.00 e. The zero-order valence-corrected chi connectivity index (χ0v) is 16.3. The van der Waals surface area contributed by atoms with Crippen molar-refractivity contribution >= 4 is 155 Å². The molecule has 11 heteroatoms. The molecule has 0 saturated carbocycles. The van der Waals surface area contributed by atoms with Gasteiger partial charge in [0.15, 0.2) is 0 Å². The van der Waals surface area contributed by atoms with E-state index in [0.29, 0.717) is 0 Å². The van der Waals surface area contributed by atoms with E-state index in [2.05, 4.69) is 99.4 Å². The van der Waals surface area contributed by atoms with Gasteiger partial charge in [0.2, 0.25) is 0 Å². The molecular formula is C4H8CaN2S8. The molecule has 0 aliphatic heterocycles. The SMILES string of the molecule is NC(=S)S.NC(=S)S.S=C[S-].S=C[S-].[Ca+2]. The van der Waals surface area contributed by atoms with Gasteiger partial charge >= 0.3 is 37.7 Å². The molecule has 2 nitrogen and oxygen atoms in total. The van der Waals surface area contributed by atoms with Crippen molar-refractivity contribution in [3.63, 3.8) is 0 Å². The molecule has 0 aromatic rings. The molecule has 84 valence electrons. The van der Waals surface area contributed by atoms with Crippen LogP contribution in [0.25, 0.3) is 0 Å². The van der Waals surface area contributed by atoms with Gasteiger partial charge in [-0.1, -0.05) is 24.4 Å². The third-order valence-electron chi connectivity index (χ3n) is 0. The molecular weight excluding hydrogens is 373 g/mol. The van der Waals surface area contributed by atoms with Crippen LogP contribution < -0.4 is 11.5 Å². The predicted octanol–water partition coefficient (Wildman–Crippen LogP) is 0.920. The minimum absolute atomic E-state index is 0. The average molecular weight is 381 g/mol. The van der Waals surface area contributed by atoms with Crippen LogP contribution in [0.3, 0.4) is 0 Å². The summed E-state index contributed by atoms with van der Waals surface area (Å²) in [5.74, 6) is 0. The molecule has 0 radical (unpaired) electrons. The average Bonchev–Trinajstić information content (AvgIpc) is 1.85. The van der Waals surface area contributed by atoms with Crippen LogP contribution in [0.1, 0.15) is 0 Å². The predicted molar refractivity (Wildman–Crippen MR) is 99.3 cm³/mol. The number of thiol groups is 2. The molecule has 0 atom stereocenters. The summed E-state index contributed by atoms with van der Waals surface area (Å²) in [7, 11) is 0. The maximum Gasteiger partial charge on any atom is 2.00 e. The van der Waals surface area contributed by atoms with E-state index in [-0.39, 0.29) is 46.4 Å². The van der Waals surface area contributed by atoms with Crippen molar-refractivity contribution < 1.29 is 0 Å². The Hall–Kier alpha value is 2.36. The van der Waals surface area contributed by atoms with Crippen LogP contribution in [-0.2, 0) is 25.3 Å². The van der Waals surface area contributed by atoms with Gasteiger partial charge in [0, 0.05) is 0 Å². The molecule has 0 aliphatic rings. The van der Waals surface area contributed by atoms with E-state index < -0.39 is 0 Å². The molecule has 0 fully saturated rings. The fraction of sp³-hybridized carbons (Fsp3) is 0. The maximum atomic E-state index is 4.71. The van der Waals surface area contributed by atoms with E-state index in [1.165, 1.54) is 9.40 Å². The third kappa shape index (κ3) is 606. The van der Waals surface area contributed by atoms with Gasteiger partial charge in [0.1, 0.15) is 8.64 Å². The fourth-order valence-corrected chi connectivity index (χ4v) is 0. The van der Waals surface area contributed by atoms with Crippen molar-refractivity contribution in [1.29, 1.82) is 0 Å². The smallest absolute Gasteiger partial charge is 0.436 e. The Labute approximate surface area is 164 Å². The first-order valence-corrected chi connectivity index (χ1v) is 5.97. The number of rotatable bonds is 0. The molecule has 0 rings (SSSR count). The maximum absolute atomic E-state index is 4.71. The normalized spacial score (nSPS) is 4.93. The van der Waals surface area contributed by atoms with Crippen molar-refractivity contribution in [2.24, 2.45) is 11.5 Å². The topological polar surface area (TPSA) is 52.0 Å². The zero-order chi connectivity index (χ0) is 12.6. The van der Waals surface area contributed by atoms with Crippen molar-refractivity contribution in [1.82, 2.24) is 0 Å². The third-order valence-corrected chi connectivity index (χ3v) is 0. The van der Waals surface area contributed by atoms with Crippen molar-refractivity contribution in [2.75, 3.05) is 0 Å².